The van der Waals surface area contributed by atoms with Crippen LogP contribution in [0.25, 0.3) is 21.5 Å². The van der Waals surface area contributed by atoms with E-state index in [4.69, 9.17) is 13.3 Å². The predicted molar refractivity (Wildman–Crippen MR) is 160 cm³/mol. The topological polar surface area (TPSA) is 106 Å². The van der Waals surface area contributed by atoms with Gasteiger partial charge in [0, 0.05) is 49.0 Å². The fraction of sp³-hybridized carbons (Fsp3) is 0.290. The zero-order valence-corrected chi connectivity index (χ0v) is 24.2. The summed E-state index contributed by atoms with van der Waals surface area (Å²) in [5.74, 6) is -0.794. The molecular weight excluding hydrogens is 524 g/mol. The van der Waals surface area contributed by atoms with Crippen molar-refractivity contribution in [3.8, 4) is 5.75 Å². The lowest BCUT2D eigenvalue weighted by Gasteiger charge is -2.28. The number of carbonyl (C=O) groups excluding carboxylic acids is 2. The molecule has 0 heterocycles. The summed E-state index contributed by atoms with van der Waals surface area (Å²) in [5, 5.41) is 19.8. The molecule has 0 saturated carbocycles. The van der Waals surface area contributed by atoms with Crippen LogP contribution in [0.1, 0.15) is 47.9 Å². The molecule has 0 radical (unpaired) electrons. The molecule has 9 heteroatoms. The minimum absolute atomic E-state index is 0.127. The van der Waals surface area contributed by atoms with Crippen molar-refractivity contribution in [1.29, 1.82) is 0 Å². The highest BCUT2D eigenvalue weighted by Gasteiger charge is 2.39. The highest BCUT2D eigenvalue weighted by molar-refractivity contribution is 6.60. The second kappa shape index (κ2) is 13.5. The van der Waals surface area contributed by atoms with Crippen LogP contribution in [0.4, 0.5) is 5.69 Å². The molecule has 0 aliphatic carbocycles. The summed E-state index contributed by atoms with van der Waals surface area (Å²) in [7, 11) is -2.76. The van der Waals surface area contributed by atoms with Crippen LogP contribution in [0.2, 0.25) is 6.04 Å². The van der Waals surface area contributed by atoms with Gasteiger partial charge >= 0.3 is 8.80 Å². The maximum atomic E-state index is 13.2. The number of carbonyl (C=O) groups is 2. The van der Waals surface area contributed by atoms with Crippen molar-refractivity contribution in [3.63, 3.8) is 0 Å². The lowest BCUT2D eigenvalue weighted by molar-refractivity contribution is 0.0704. The molecular formula is C31H36N2O6Si. The number of rotatable bonds is 13. The first-order valence-electron chi connectivity index (χ1n) is 13.7. The fourth-order valence-corrected chi connectivity index (χ4v) is 7.36. The second-order valence-electron chi connectivity index (χ2n) is 9.25. The van der Waals surface area contributed by atoms with Gasteiger partial charge in [-0.25, -0.2) is 0 Å². The summed E-state index contributed by atoms with van der Waals surface area (Å²) in [6.07, 6.45) is 0.651. The Bertz CT molecular complexity index is 1470. The zero-order valence-electron chi connectivity index (χ0n) is 23.2. The number of benzene rings is 4. The number of hydrogen-bond donors (Lipinski definition) is 3. The molecule has 0 aromatic heterocycles. The Hall–Kier alpha value is -3.76. The molecule has 4 aromatic carbocycles. The molecule has 2 amide bonds. The van der Waals surface area contributed by atoms with E-state index in [9.17, 15) is 14.7 Å². The van der Waals surface area contributed by atoms with Crippen molar-refractivity contribution >= 4 is 47.9 Å². The minimum atomic E-state index is -2.76. The summed E-state index contributed by atoms with van der Waals surface area (Å²) < 4.78 is 17.6. The van der Waals surface area contributed by atoms with E-state index < -0.39 is 14.7 Å². The fourth-order valence-electron chi connectivity index (χ4n) is 4.74. The second-order valence-corrected chi connectivity index (χ2v) is 12.0. The molecule has 0 bridgehead atoms. The van der Waals surface area contributed by atoms with Crippen LogP contribution in [0, 0.1) is 0 Å². The SMILES string of the molecule is CCO[Si](CCCNC(=O)c1ccc2cc(O)c(C(=O)Nc3cccc4ccccc34)cc2c1)(OCC)OCC. The standard InChI is InChI=1S/C31H36N2O6Si/c1-4-37-40(38-5-2,39-6-3)18-10-17-32-30(35)24-16-15-23-21-29(34)27(20-25(23)19-24)31(36)33-28-14-9-12-22-11-7-8-13-26(22)28/h7-9,11-16,19-21,34H,4-6,10,17-18H2,1-3H3,(H,32,35)(H,33,36). The van der Waals surface area contributed by atoms with Crippen molar-refractivity contribution in [2.75, 3.05) is 31.7 Å². The molecule has 0 aliphatic heterocycles. The molecule has 0 unspecified atom stereocenters. The number of fused-ring (bicyclic) bond motifs is 2. The average molecular weight is 561 g/mol. The van der Waals surface area contributed by atoms with Crippen LogP contribution in [0.15, 0.2) is 72.8 Å². The van der Waals surface area contributed by atoms with E-state index in [2.05, 4.69) is 10.6 Å². The molecule has 3 N–H and O–H groups in total. The lowest BCUT2D eigenvalue weighted by Crippen LogP contribution is -2.46. The Morgan fingerprint density at radius 2 is 1.48 bits per heavy atom. The number of anilines is 1. The van der Waals surface area contributed by atoms with Crippen LogP contribution < -0.4 is 10.6 Å². The van der Waals surface area contributed by atoms with Gasteiger partial charge in [0.05, 0.1) is 5.56 Å². The van der Waals surface area contributed by atoms with Crippen molar-refractivity contribution in [1.82, 2.24) is 5.32 Å². The lowest BCUT2D eigenvalue weighted by atomic mass is 10.0. The van der Waals surface area contributed by atoms with E-state index >= 15 is 0 Å². The first-order chi connectivity index (χ1) is 19.4. The highest BCUT2D eigenvalue weighted by Crippen LogP contribution is 2.29. The third-order valence-electron chi connectivity index (χ3n) is 6.54. The molecule has 40 heavy (non-hydrogen) atoms. The minimum Gasteiger partial charge on any atom is -0.507 e. The summed E-state index contributed by atoms with van der Waals surface area (Å²) in [4.78, 5) is 26.1. The van der Waals surface area contributed by atoms with Gasteiger partial charge in [-0.2, -0.15) is 0 Å². The van der Waals surface area contributed by atoms with Crippen molar-refractivity contribution in [2.24, 2.45) is 0 Å². The molecule has 8 nitrogen and oxygen atoms in total. The molecule has 4 rings (SSSR count). The molecule has 4 aromatic rings. The molecule has 0 spiro atoms. The van der Waals surface area contributed by atoms with Crippen molar-refractivity contribution in [3.05, 3.63) is 83.9 Å². The largest absolute Gasteiger partial charge is 0.507 e. The number of phenols is 1. The highest BCUT2D eigenvalue weighted by atomic mass is 28.4. The van der Waals surface area contributed by atoms with Gasteiger partial charge in [-0.3, -0.25) is 9.59 Å². The van der Waals surface area contributed by atoms with Gasteiger partial charge in [0.15, 0.2) is 0 Å². The molecule has 0 atom stereocenters. The molecule has 0 fully saturated rings. The van der Waals surface area contributed by atoms with Gasteiger partial charge < -0.3 is 29.0 Å². The van der Waals surface area contributed by atoms with Crippen molar-refractivity contribution in [2.45, 2.75) is 33.2 Å². The number of amides is 2. The van der Waals surface area contributed by atoms with E-state index in [1.165, 1.54) is 6.07 Å². The van der Waals surface area contributed by atoms with E-state index in [0.717, 1.165) is 16.2 Å². The normalized spacial score (nSPS) is 11.6. The van der Waals surface area contributed by atoms with Crippen LogP contribution in [0.5, 0.6) is 5.75 Å². The number of aromatic hydroxyl groups is 1. The third-order valence-corrected chi connectivity index (χ3v) is 9.69. The quantitative estimate of drug-likeness (QED) is 0.134. The third kappa shape index (κ3) is 6.86. The number of nitrogens with one attached hydrogen (secondary N) is 2. The Morgan fingerprint density at radius 3 is 2.20 bits per heavy atom. The number of hydrogen-bond acceptors (Lipinski definition) is 6. The maximum Gasteiger partial charge on any atom is 0.500 e. The Kier molecular flexibility index (Phi) is 9.89. The zero-order chi connectivity index (χ0) is 28.5. The Labute approximate surface area is 235 Å². The van der Waals surface area contributed by atoms with Crippen LogP contribution in [-0.4, -0.2) is 52.1 Å². The van der Waals surface area contributed by atoms with Gasteiger partial charge in [0.25, 0.3) is 11.8 Å². The van der Waals surface area contributed by atoms with Crippen molar-refractivity contribution < 1.29 is 28.0 Å². The summed E-state index contributed by atoms with van der Waals surface area (Å²) >= 11 is 0. The molecule has 210 valence electrons. The average Bonchev–Trinajstić information content (AvgIpc) is 2.95. The smallest absolute Gasteiger partial charge is 0.500 e. The van der Waals surface area contributed by atoms with E-state index in [1.807, 2.05) is 63.2 Å². The summed E-state index contributed by atoms with van der Waals surface area (Å²) in [5.41, 5.74) is 1.24. The molecule has 0 aliphatic rings. The first-order valence-corrected chi connectivity index (χ1v) is 15.6. The van der Waals surface area contributed by atoms with E-state index in [1.54, 1.807) is 24.3 Å². The van der Waals surface area contributed by atoms with Gasteiger partial charge in [-0.05, 0) is 73.7 Å². The van der Waals surface area contributed by atoms with Crippen LogP contribution in [0.3, 0.4) is 0 Å². The Balaban J connectivity index is 1.45. The van der Waals surface area contributed by atoms with Gasteiger partial charge in [-0.15, -0.1) is 0 Å². The van der Waals surface area contributed by atoms with Gasteiger partial charge in [0.1, 0.15) is 5.75 Å². The maximum absolute atomic E-state index is 13.2. The first kappa shape index (κ1) is 29.2. The Morgan fingerprint density at radius 1 is 0.775 bits per heavy atom. The van der Waals surface area contributed by atoms with E-state index in [0.29, 0.717) is 55.5 Å². The predicted octanol–water partition coefficient (Wildman–Crippen LogP) is 6.12. The number of phenolic OH excluding ortho intramolecular Hbond substituents is 1. The molecule has 0 saturated heterocycles. The summed E-state index contributed by atoms with van der Waals surface area (Å²) in [6.45, 7) is 7.71. The monoisotopic (exact) mass is 560 g/mol. The van der Waals surface area contributed by atoms with Crippen LogP contribution >= 0.6 is 0 Å². The van der Waals surface area contributed by atoms with Crippen LogP contribution in [-0.2, 0) is 13.3 Å². The summed E-state index contributed by atoms with van der Waals surface area (Å²) in [6, 6.07) is 22.3. The van der Waals surface area contributed by atoms with E-state index in [-0.39, 0.29) is 17.2 Å². The van der Waals surface area contributed by atoms with Gasteiger partial charge in [0.2, 0.25) is 0 Å². The van der Waals surface area contributed by atoms with Gasteiger partial charge in [-0.1, -0.05) is 42.5 Å².